The average Bonchev–Trinajstić information content (AvgIpc) is 3.57. The van der Waals surface area contributed by atoms with Crippen molar-refractivity contribution >= 4 is 17.9 Å². The summed E-state index contributed by atoms with van der Waals surface area (Å²) in [6, 6.07) is 2.32. The SMILES string of the molecule is CN1CCC2(CC1)CC(COCC1CC1)N(c1ncccn1)C2.O=C(O)C(F)(F)F.O=C(O)C(F)(F)F. The molecule has 1 saturated carbocycles. The van der Waals surface area contributed by atoms with Crippen molar-refractivity contribution < 1.29 is 50.9 Å². The van der Waals surface area contributed by atoms with Crippen molar-refractivity contribution in [2.24, 2.45) is 11.3 Å². The Hall–Kier alpha value is -2.68. The van der Waals surface area contributed by atoms with E-state index < -0.39 is 24.3 Å². The van der Waals surface area contributed by atoms with Gasteiger partial charge in [-0.3, -0.25) is 0 Å². The van der Waals surface area contributed by atoms with Crippen LogP contribution in [0.4, 0.5) is 32.3 Å². The first kappa shape index (κ1) is 30.5. The zero-order chi connectivity index (χ0) is 27.9. The lowest BCUT2D eigenvalue weighted by atomic mass is 9.77. The number of anilines is 1. The minimum Gasteiger partial charge on any atom is -0.475 e. The Labute approximate surface area is 209 Å². The summed E-state index contributed by atoms with van der Waals surface area (Å²) in [6.07, 6.45) is 0.0365. The van der Waals surface area contributed by atoms with E-state index >= 15 is 0 Å². The molecule has 0 bridgehead atoms. The molecular formula is C22H30F6N4O5. The number of carbonyl (C=O) groups is 2. The molecule has 2 aliphatic heterocycles. The average molecular weight is 544 g/mol. The summed E-state index contributed by atoms with van der Waals surface area (Å²) >= 11 is 0. The number of carboxylic acid groups (broad SMARTS) is 2. The van der Waals surface area contributed by atoms with Crippen LogP contribution in [-0.4, -0.2) is 95.3 Å². The summed E-state index contributed by atoms with van der Waals surface area (Å²) in [7, 11) is 2.23. The van der Waals surface area contributed by atoms with Crippen LogP contribution in [0.25, 0.3) is 0 Å². The lowest BCUT2D eigenvalue weighted by Gasteiger charge is -2.37. The first-order valence-corrected chi connectivity index (χ1v) is 11.5. The molecule has 1 spiro atoms. The first-order chi connectivity index (χ1) is 17.1. The molecule has 1 aromatic heterocycles. The van der Waals surface area contributed by atoms with E-state index in [4.69, 9.17) is 24.5 Å². The van der Waals surface area contributed by atoms with Crippen molar-refractivity contribution in [2.45, 2.75) is 50.5 Å². The van der Waals surface area contributed by atoms with Gasteiger partial charge < -0.3 is 24.7 Å². The number of aliphatic carboxylic acids is 2. The molecule has 3 heterocycles. The zero-order valence-electron chi connectivity index (χ0n) is 20.1. The molecule has 4 rings (SSSR count). The fourth-order valence-corrected chi connectivity index (χ4v) is 4.10. The molecule has 1 atom stereocenters. The molecule has 0 aromatic carbocycles. The van der Waals surface area contributed by atoms with Crippen molar-refractivity contribution in [3.63, 3.8) is 0 Å². The largest absolute Gasteiger partial charge is 0.490 e. The third kappa shape index (κ3) is 10.3. The summed E-state index contributed by atoms with van der Waals surface area (Å²) in [4.78, 5) is 31.7. The molecule has 0 amide bonds. The quantitative estimate of drug-likeness (QED) is 0.538. The molecule has 1 unspecified atom stereocenters. The van der Waals surface area contributed by atoms with Crippen LogP contribution in [0.2, 0.25) is 0 Å². The van der Waals surface area contributed by atoms with Gasteiger partial charge in [0.2, 0.25) is 5.95 Å². The zero-order valence-corrected chi connectivity index (χ0v) is 20.1. The molecule has 9 nitrogen and oxygen atoms in total. The third-order valence-electron chi connectivity index (χ3n) is 6.32. The van der Waals surface area contributed by atoms with Gasteiger partial charge in [0.05, 0.1) is 12.6 Å². The van der Waals surface area contributed by atoms with Gasteiger partial charge in [0, 0.05) is 25.5 Å². The summed E-state index contributed by atoms with van der Waals surface area (Å²) in [5.41, 5.74) is 0.430. The van der Waals surface area contributed by atoms with Crippen LogP contribution in [0.1, 0.15) is 32.1 Å². The van der Waals surface area contributed by atoms with Crippen molar-refractivity contribution in [3.05, 3.63) is 18.5 Å². The van der Waals surface area contributed by atoms with Gasteiger partial charge >= 0.3 is 24.3 Å². The second-order valence-corrected chi connectivity index (χ2v) is 9.42. The number of carboxylic acids is 2. The van der Waals surface area contributed by atoms with Gasteiger partial charge in [-0.05, 0) is 69.6 Å². The van der Waals surface area contributed by atoms with Gasteiger partial charge in [-0.25, -0.2) is 19.6 Å². The minimum absolute atomic E-state index is 0.430. The molecule has 2 saturated heterocycles. The number of nitrogens with zero attached hydrogens (tertiary/aromatic N) is 4. The van der Waals surface area contributed by atoms with E-state index in [1.165, 1.54) is 45.2 Å². The predicted octanol–water partition coefficient (Wildman–Crippen LogP) is 3.46. The van der Waals surface area contributed by atoms with Crippen LogP contribution in [0.5, 0.6) is 0 Å². The fourth-order valence-electron chi connectivity index (χ4n) is 4.10. The highest BCUT2D eigenvalue weighted by molar-refractivity contribution is 5.73. The maximum Gasteiger partial charge on any atom is 0.490 e. The summed E-state index contributed by atoms with van der Waals surface area (Å²) in [6.45, 7) is 5.27. The number of piperidine rings is 1. The normalized spacial score (nSPS) is 21.5. The highest BCUT2D eigenvalue weighted by Gasteiger charge is 2.46. The Morgan fingerprint density at radius 2 is 1.49 bits per heavy atom. The van der Waals surface area contributed by atoms with Crippen LogP contribution < -0.4 is 4.90 Å². The Bertz CT molecular complexity index is 851. The van der Waals surface area contributed by atoms with E-state index in [-0.39, 0.29) is 0 Å². The van der Waals surface area contributed by atoms with Gasteiger partial charge in [0.15, 0.2) is 0 Å². The lowest BCUT2D eigenvalue weighted by molar-refractivity contribution is -0.193. The number of aromatic nitrogens is 2. The van der Waals surface area contributed by atoms with Crippen LogP contribution in [0, 0.1) is 11.3 Å². The Balaban J connectivity index is 0.000000286. The lowest BCUT2D eigenvalue weighted by Crippen LogP contribution is -2.40. The Kier molecular flexibility index (Phi) is 10.5. The molecular weight excluding hydrogens is 514 g/mol. The number of likely N-dealkylation sites (tertiary alicyclic amines) is 1. The molecule has 2 N–H and O–H groups in total. The van der Waals surface area contributed by atoms with E-state index in [0.717, 1.165) is 31.6 Å². The van der Waals surface area contributed by atoms with E-state index in [2.05, 4.69) is 26.8 Å². The highest BCUT2D eigenvalue weighted by atomic mass is 19.4. The third-order valence-corrected chi connectivity index (χ3v) is 6.32. The predicted molar refractivity (Wildman–Crippen MR) is 118 cm³/mol. The van der Waals surface area contributed by atoms with Gasteiger partial charge in [0.25, 0.3) is 0 Å². The monoisotopic (exact) mass is 544 g/mol. The maximum absolute atomic E-state index is 10.6. The molecule has 1 aliphatic carbocycles. The topological polar surface area (TPSA) is 116 Å². The molecule has 15 heteroatoms. The number of hydrogen-bond acceptors (Lipinski definition) is 7. The molecule has 0 radical (unpaired) electrons. The van der Waals surface area contributed by atoms with Crippen LogP contribution in [-0.2, 0) is 14.3 Å². The van der Waals surface area contributed by atoms with Crippen molar-refractivity contribution in [3.8, 4) is 0 Å². The summed E-state index contributed by atoms with van der Waals surface area (Å²) in [5, 5.41) is 14.2. The van der Waals surface area contributed by atoms with E-state index in [0.29, 0.717) is 11.5 Å². The number of halogens is 6. The molecule has 1 aromatic rings. The second-order valence-electron chi connectivity index (χ2n) is 9.42. The van der Waals surface area contributed by atoms with Gasteiger partial charge in [-0.1, -0.05) is 0 Å². The molecule has 210 valence electrons. The molecule has 37 heavy (non-hydrogen) atoms. The molecule has 3 fully saturated rings. The Morgan fingerprint density at radius 3 is 1.92 bits per heavy atom. The van der Waals surface area contributed by atoms with Crippen molar-refractivity contribution in [2.75, 3.05) is 44.8 Å². The summed E-state index contributed by atoms with van der Waals surface area (Å²) < 4.78 is 69.5. The highest BCUT2D eigenvalue weighted by Crippen LogP contribution is 2.44. The molecule has 3 aliphatic rings. The fraction of sp³-hybridized carbons (Fsp3) is 0.727. The van der Waals surface area contributed by atoms with Crippen molar-refractivity contribution in [1.82, 2.24) is 14.9 Å². The van der Waals surface area contributed by atoms with Gasteiger partial charge in [-0.15, -0.1) is 0 Å². The van der Waals surface area contributed by atoms with E-state index in [9.17, 15) is 26.3 Å². The summed E-state index contributed by atoms with van der Waals surface area (Å²) in [5.74, 6) is -3.81. The van der Waals surface area contributed by atoms with Crippen molar-refractivity contribution in [1.29, 1.82) is 0 Å². The number of rotatable bonds is 5. The van der Waals surface area contributed by atoms with E-state index in [1.54, 1.807) is 0 Å². The number of alkyl halides is 6. The van der Waals surface area contributed by atoms with Gasteiger partial charge in [0.1, 0.15) is 0 Å². The van der Waals surface area contributed by atoms with E-state index in [1.807, 2.05) is 18.5 Å². The minimum atomic E-state index is -5.08. The van der Waals surface area contributed by atoms with Crippen LogP contribution in [0.3, 0.4) is 0 Å². The second kappa shape index (κ2) is 12.7. The smallest absolute Gasteiger partial charge is 0.475 e. The first-order valence-electron chi connectivity index (χ1n) is 11.5. The Morgan fingerprint density at radius 1 is 1.00 bits per heavy atom. The number of hydrogen-bond donors (Lipinski definition) is 2. The van der Waals surface area contributed by atoms with Crippen LogP contribution in [0.15, 0.2) is 18.5 Å². The van der Waals surface area contributed by atoms with Crippen LogP contribution >= 0.6 is 0 Å². The van der Waals surface area contributed by atoms with Gasteiger partial charge in [-0.2, -0.15) is 26.3 Å². The standard InChI is InChI=1S/C18H28N4O.2C2HF3O2/c1-21-9-5-18(6-10-21)11-16(13-23-12-15-3-4-15)22(14-18)17-19-7-2-8-20-17;2*3-2(4,5)1(6)7/h2,7-8,15-16H,3-6,9-14H2,1H3;2*(H,6,7). The maximum atomic E-state index is 10.6. The number of ether oxygens (including phenoxy) is 1.